The molecule has 0 bridgehead atoms. The third-order valence-corrected chi connectivity index (χ3v) is 3.55. The predicted octanol–water partition coefficient (Wildman–Crippen LogP) is 1.55. The molecule has 2 atom stereocenters. The summed E-state index contributed by atoms with van der Waals surface area (Å²) in [5.41, 5.74) is -0.653. The van der Waals surface area contributed by atoms with Crippen molar-refractivity contribution in [2.75, 3.05) is 13.2 Å². The molecular weight excluding hydrogens is 190 g/mol. The van der Waals surface area contributed by atoms with Crippen LogP contribution in [0, 0.1) is 5.92 Å². The first-order chi connectivity index (χ1) is 6.91. The summed E-state index contributed by atoms with van der Waals surface area (Å²) in [6.45, 7) is 9.71. The molecule has 0 spiro atoms. The molecule has 3 nitrogen and oxygen atoms in total. The molecule has 1 fully saturated rings. The molecule has 0 aromatic rings. The number of nitrogens with one attached hydrogen (secondary N) is 1. The molecule has 15 heavy (non-hydrogen) atoms. The second-order valence-corrected chi connectivity index (χ2v) is 5.28. The lowest BCUT2D eigenvalue weighted by atomic mass is 9.91. The van der Waals surface area contributed by atoms with Gasteiger partial charge in [-0.3, -0.25) is 0 Å². The number of ether oxygens (including phenoxy) is 1. The molecule has 0 saturated carbocycles. The maximum Gasteiger partial charge on any atom is 0.0741 e. The highest BCUT2D eigenvalue weighted by Gasteiger charge is 2.27. The lowest BCUT2D eigenvalue weighted by molar-refractivity contribution is 0.0238. The van der Waals surface area contributed by atoms with Crippen molar-refractivity contribution < 1.29 is 9.84 Å². The Morgan fingerprint density at radius 1 is 1.27 bits per heavy atom. The van der Waals surface area contributed by atoms with Crippen molar-refractivity contribution in [1.82, 2.24) is 5.32 Å². The van der Waals surface area contributed by atoms with Crippen LogP contribution in [0.2, 0.25) is 0 Å². The van der Waals surface area contributed by atoms with E-state index in [4.69, 9.17) is 4.74 Å². The number of rotatable bonds is 4. The van der Waals surface area contributed by atoms with Gasteiger partial charge in [0, 0.05) is 25.3 Å². The fourth-order valence-corrected chi connectivity index (χ4v) is 1.95. The fraction of sp³-hybridized carbons (Fsp3) is 1.00. The molecule has 0 aliphatic carbocycles. The zero-order valence-electron chi connectivity index (χ0n) is 10.4. The van der Waals surface area contributed by atoms with E-state index in [0.717, 1.165) is 26.1 Å². The molecule has 1 rings (SSSR count). The van der Waals surface area contributed by atoms with Crippen LogP contribution in [0.25, 0.3) is 0 Å². The van der Waals surface area contributed by atoms with E-state index < -0.39 is 5.60 Å². The van der Waals surface area contributed by atoms with E-state index in [1.165, 1.54) is 0 Å². The summed E-state index contributed by atoms with van der Waals surface area (Å²) in [5.74, 6) is 0.684. The molecule has 2 unspecified atom stereocenters. The highest BCUT2D eigenvalue weighted by Crippen LogP contribution is 2.20. The van der Waals surface area contributed by atoms with Crippen molar-refractivity contribution in [1.29, 1.82) is 0 Å². The van der Waals surface area contributed by atoms with Crippen molar-refractivity contribution in [3.05, 3.63) is 0 Å². The summed E-state index contributed by atoms with van der Waals surface area (Å²) >= 11 is 0. The second kappa shape index (κ2) is 5.28. The first kappa shape index (κ1) is 12.9. The standard InChI is InChI=1S/C12H25NO2/c1-9(11-5-7-15-8-6-11)13-10(2)12(3,4)14/h9-11,13-14H,5-8H2,1-4H3. The van der Waals surface area contributed by atoms with E-state index in [1.807, 2.05) is 20.8 Å². The highest BCUT2D eigenvalue weighted by molar-refractivity contribution is 4.84. The van der Waals surface area contributed by atoms with Gasteiger partial charge in [-0.15, -0.1) is 0 Å². The van der Waals surface area contributed by atoms with Gasteiger partial charge in [-0.1, -0.05) is 0 Å². The zero-order valence-corrected chi connectivity index (χ0v) is 10.4. The van der Waals surface area contributed by atoms with Crippen LogP contribution in [0.3, 0.4) is 0 Å². The summed E-state index contributed by atoms with van der Waals surface area (Å²) in [6, 6.07) is 0.575. The average Bonchev–Trinajstić information content (AvgIpc) is 2.17. The van der Waals surface area contributed by atoms with Gasteiger partial charge in [-0.05, 0) is 46.5 Å². The van der Waals surface area contributed by atoms with Crippen molar-refractivity contribution in [3.63, 3.8) is 0 Å². The van der Waals surface area contributed by atoms with Crippen molar-refractivity contribution in [2.24, 2.45) is 5.92 Å². The highest BCUT2D eigenvalue weighted by atomic mass is 16.5. The van der Waals surface area contributed by atoms with Crippen LogP contribution < -0.4 is 5.32 Å². The van der Waals surface area contributed by atoms with E-state index in [2.05, 4.69) is 12.2 Å². The fourth-order valence-electron chi connectivity index (χ4n) is 1.95. The minimum absolute atomic E-state index is 0.121. The van der Waals surface area contributed by atoms with Gasteiger partial charge in [-0.25, -0.2) is 0 Å². The molecule has 3 heteroatoms. The largest absolute Gasteiger partial charge is 0.389 e. The van der Waals surface area contributed by atoms with Gasteiger partial charge in [0.25, 0.3) is 0 Å². The molecule has 0 aromatic heterocycles. The Morgan fingerprint density at radius 3 is 2.27 bits per heavy atom. The quantitative estimate of drug-likeness (QED) is 0.747. The Hall–Kier alpha value is -0.120. The molecule has 1 aliphatic rings. The molecule has 90 valence electrons. The van der Waals surface area contributed by atoms with Crippen LogP contribution in [-0.2, 0) is 4.74 Å². The van der Waals surface area contributed by atoms with E-state index >= 15 is 0 Å². The van der Waals surface area contributed by atoms with E-state index in [9.17, 15) is 5.11 Å². The molecule has 0 amide bonds. The van der Waals surface area contributed by atoms with Gasteiger partial charge in [0.15, 0.2) is 0 Å². The molecule has 2 N–H and O–H groups in total. The second-order valence-electron chi connectivity index (χ2n) is 5.28. The number of aliphatic hydroxyl groups is 1. The third-order valence-electron chi connectivity index (χ3n) is 3.55. The monoisotopic (exact) mass is 215 g/mol. The first-order valence-electron chi connectivity index (χ1n) is 5.97. The van der Waals surface area contributed by atoms with Crippen molar-refractivity contribution in [3.8, 4) is 0 Å². The average molecular weight is 215 g/mol. The Bertz CT molecular complexity index is 183. The maximum absolute atomic E-state index is 9.85. The summed E-state index contributed by atoms with van der Waals surface area (Å²) in [5, 5.41) is 13.3. The normalized spacial score (nSPS) is 23.8. The predicted molar refractivity (Wildman–Crippen MR) is 61.9 cm³/mol. The Balaban J connectivity index is 2.36. The third kappa shape index (κ3) is 4.09. The molecule has 0 radical (unpaired) electrons. The summed E-state index contributed by atoms with van der Waals surface area (Å²) in [7, 11) is 0. The molecule has 1 saturated heterocycles. The lowest BCUT2D eigenvalue weighted by Crippen LogP contribution is -2.50. The lowest BCUT2D eigenvalue weighted by Gasteiger charge is -2.34. The summed E-state index contributed by atoms with van der Waals surface area (Å²) in [4.78, 5) is 0. The maximum atomic E-state index is 9.85. The van der Waals surface area contributed by atoms with Gasteiger partial charge in [-0.2, -0.15) is 0 Å². The topological polar surface area (TPSA) is 41.5 Å². The summed E-state index contributed by atoms with van der Waals surface area (Å²) in [6.07, 6.45) is 2.26. The number of hydrogen-bond acceptors (Lipinski definition) is 3. The van der Waals surface area contributed by atoms with Crippen LogP contribution in [0.1, 0.15) is 40.5 Å². The minimum Gasteiger partial charge on any atom is -0.389 e. The van der Waals surface area contributed by atoms with Crippen LogP contribution in [-0.4, -0.2) is 36.0 Å². The van der Waals surface area contributed by atoms with Crippen LogP contribution in [0.5, 0.6) is 0 Å². The van der Waals surface area contributed by atoms with Crippen LogP contribution in [0.15, 0.2) is 0 Å². The molecule has 0 aromatic carbocycles. The minimum atomic E-state index is -0.653. The van der Waals surface area contributed by atoms with E-state index in [1.54, 1.807) is 0 Å². The Morgan fingerprint density at radius 2 is 1.80 bits per heavy atom. The SMILES string of the molecule is CC(NC(C)C(C)(C)O)C1CCOCC1. The first-order valence-corrected chi connectivity index (χ1v) is 5.97. The van der Waals surface area contributed by atoms with Crippen molar-refractivity contribution in [2.45, 2.75) is 58.2 Å². The molecular formula is C12H25NO2. The van der Waals surface area contributed by atoms with Gasteiger partial charge in [0.1, 0.15) is 0 Å². The van der Waals surface area contributed by atoms with Crippen molar-refractivity contribution >= 4 is 0 Å². The molecule has 1 heterocycles. The van der Waals surface area contributed by atoms with Gasteiger partial charge in [0.05, 0.1) is 5.60 Å². The van der Waals surface area contributed by atoms with Crippen LogP contribution >= 0.6 is 0 Å². The summed E-state index contributed by atoms with van der Waals surface area (Å²) < 4.78 is 5.34. The number of hydrogen-bond donors (Lipinski definition) is 2. The van der Waals surface area contributed by atoms with Gasteiger partial charge in [0.2, 0.25) is 0 Å². The smallest absolute Gasteiger partial charge is 0.0741 e. The Kier molecular flexibility index (Phi) is 4.56. The van der Waals surface area contributed by atoms with E-state index in [-0.39, 0.29) is 6.04 Å². The molecule has 1 aliphatic heterocycles. The van der Waals surface area contributed by atoms with Gasteiger partial charge >= 0.3 is 0 Å². The van der Waals surface area contributed by atoms with Crippen LogP contribution in [0.4, 0.5) is 0 Å². The van der Waals surface area contributed by atoms with Gasteiger partial charge < -0.3 is 15.2 Å². The Labute approximate surface area is 93.2 Å². The zero-order chi connectivity index (χ0) is 11.5. The van der Waals surface area contributed by atoms with E-state index in [0.29, 0.717) is 12.0 Å².